The summed E-state index contributed by atoms with van der Waals surface area (Å²) < 4.78 is 0.257. The van der Waals surface area contributed by atoms with Crippen molar-refractivity contribution in [3.05, 3.63) is 9.89 Å². The topological polar surface area (TPSA) is 72.0 Å². The van der Waals surface area contributed by atoms with E-state index in [0.29, 0.717) is 0 Å². The van der Waals surface area contributed by atoms with Crippen molar-refractivity contribution in [1.29, 1.82) is 0 Å². The van der Waals surface area contributed by atoms with Gasteiger partial charge in [0.2, 0.25) is 0 Å². The number of aromatic hydroxyl groups is 1. The van der Waals surface area contributed by atoms with Gasteiger partial charge in [-0.15, -0.1) is 0 Å². The van der Waals surface area contributed by atoms with Crippen LogP contribution in [0.2, 0.25) is 5.15 Å². The molecule has 0 bridgehead atoms. The highest BCUT2D eigenvalue weighted by molar-refractivity contribution is 9.10. The van der Waals surface area contributed by atoms with Crippen molar-refractivity contribution in [2.24, 2.45) is 0 Å². The molecule has 0 aliphatic heterocycles. The Bertz CT molecular complexity index is 244. The summed E-state index contributed by atoms with van der Waals surface area (Å²) in [5.74, 6) is -0.322. The van der Waals surface area contributed by atoms with Crippen molar-refractivity contribution >= 4 is 33.3 Å². The van der Waals surface area contributed by atoms with Crippen molar-refractivity contribution in [3.8, 4) is 5.75 Å². The van der Waals surface area contributed by atoms with E-state index in [4.69, 9.17) is 22.4 Å². The van der Waals surface area contributed by atoms with Gasteiger partial charge in [-0.25, -0.2) is 9.97 Å². The summed E-state index contributed by atoms with van der Waals surface area (Å²) in [6.07, 6.45) is 0. The minimum Gasteiger partial charge on any atom is -0.502 e. The van der Waals surface area contributed by atoms with E-state index in [2.05, 4.69) is 25.9 Å². The quantitative estimate of drug-likeness (QED) is 0.513. The van der Waals surface area contributed by atoms with Crippen LogP contribution < -0.4 is 5.73 Å². The molecule has 0 amide bonds. The highest BCUT2D eigenvalue weighted by Crippen LogP contribution is 2.26. The fourth-order valence-electron chi connectivity index (χ4n) is 0.417. The molecular weight excluding hydrogens is 221 g/mol. The summed E-state index contributed by atoms with van der Waals surface area (Å²) in [4.78, 5) is 7.16. The van der Waals surface area contributed by atoms with Gasteiger partial charge < -0.3 is 10.8 Å². The molecule has 3 N–H and O–H groups in total. The molecule has 0 saturated heterocycles. The highest BCUT2D eigenvalue weighted by atomic mass is 79.9. The van der Waals surface area contributed by atoms with Gasteiger partial charge in [-0.05, 0) is 15.9 Å². The van der Waals surface area contributed by atoms with Gasteiger partial charge in [-0.2, -0.15) is 0 Å². The van der Waals surface area contributed by atoms with Gasteiger partial charge in [0.15, 0.2) is 21.5 Å². The molecule has 4 nitrogen and oxygen atoms in total. The Morgan fingerprint density at radius 3 is 2.60 bits per heavy atom. The van der Waals surface area contributed by atoms with Crippen molar-refractivity contribution in [2.45, 2.75) is 0 Å². The maximum absolute atomic E-state index is 8.93. The van der Waals surface area contributed by atoms with Crippen molar-refractivity contribution in [2.75, 3.05) is 5.73 Å². The Hall–Kier alpha value is -0.550. The molecule has 6 heteroatoms. The fraction of sp³-hybridized carbons (Fsp3) is 0. The van der Waals surface area contributed by atoms with Crippen molar-refractivity contribution < 1.29 is 5.11 Å². The van der Waals surface area contributed by atoms with E-state index < -0.39 is 0 Å². The SMILES string of the molecule is Nc1nc(Br)nc(Cl)c1O. The van der Waals surface area contributed by atoms with Crippen LogP contribution in [0.4, 0.5) is 5.82 Å². The predicted octanol–water partition coefficient (Wildman–Crippen LogP) is 1.18. The zero-order valence-corrected chi connectivity index (χ0v) is 7.02. The first kappa shape index (κ1) is 7.56. The number of halogens is 2. The van der Waals surface area contributed by atoms with Crippen LogP contribution in [0.15, 0.2) is 4.73 Å². The van der Waals surface area contributed by atoms with Gasteiger partial charge in [-0.3, -0.25) is 0 Å². The molecule has 0 saturated carbocycles. The van der Waals surface area contributed by atoms with Gasteiger partial charge in [-0.1, -0.05) is 11.6 Å². The Morgan fingerprint density at radius 2 is 2.10 bits per heavy atom. The van der Waals surface area contributed by atoms with Crippen LogP contribution in [0.3, 0.4) is 0 Å². The molecule has 0 unspecified atom stereocenters. The molecule has 54 valence electrons. The summed E-state index contributed by atoms with van der Waals surface area (Å²) in [6, 6.07) is 0. The van der Waals surface area contributed by atoms with Gasteiger partial charge in [0.1, 0.15) is 0 Å². The third kappa shape index (κ3) is 1.30. The Labute approximate surface area is 70.2 Å². The molecule has 1 heterocycles. The Balaban J connectivity index is 3.31. The van der Waals surface area contributed by atoms with E-state index in [9.17, 15) is 0 Å². The first-order valence-corrected chi connectivity index (χ1v) is 3.46. The lowest BCUT2D eigenvalue weighted by atomic mass is 10.5. The van der Waals surface area contributed by atoms with Crippen LogP contribution in [0.1, 0.15) is 0 Å². The molecule has 0 radical (unpaired) electrons. The van der Waals surface area contributed by atoms with Crippen molar-refractivity contribution in [1.82, 2.24) is 9.97 Å². The molecule has 0 fully saturated rings. The lowest BCUT2D eigenvalue weighted by Gasteiger charge is -1.98. The molecular formula is C4H3BrClN3O. The maximum Gasteiger partial charge on any atom is 0.200 e. The van der Waals surface area contributed by atoms with Crippen molar-refractivity contribution in [3.63, 3.8) is 0 Å². The molecule has 1 aromatic rings. The summed E-state index contributed by atoms with van der Waals surface area (Å²) >= 11 is 8.36. The first-order chi connectivity index (χ1) is 4.61. The van der Waals surface area contributed by atoms with Crippen LogP contribution in [0.5, 0.6) is 5.75 Å². The molecule has 0 atom stereocenters. The zero-order chi connectivity index (χ0) is 7.72. The van der Waals surface area contributed by atoms with E-state index in [1.807, 2.05) is 0 Å². The van der Waals surface area contributed by atoms with E-state index >= 15 is 0 Å². The third-order valence-corrected chi connectivity index (χ3v) is 1.46. The second kappa shape index (κ2) is 2.59. The summed E-state index contributed by atoms with van der Waals surface area (Å²) in [5.41, 5.74) is 5.21. The van der Waals surface area contributed by atoms with Gasteiger partial charge in [0.05, 0.1) is 0 Å². The lowest BCUT2D eigenvalue weighted by molar-refractivity contribution is 0.472. The highest BCUT2D eigenvalue weighted by Gasteiger charge is 2.06. The van der Waals surface area contributed by atoms with Gasteiger partial charge >= 0.3 is 0 Å². The monoisotopic (exact) mass is 223 g/mol. The average Bonchev–Trinajstić information content (AvgIpc) is 1.82. The summed E-state index contributed by atoms with van der Waals surface area (Å²) in [7, 11) is 0. The number of nitrogens with zero attached hydrogens (tertiary/aromatic N) is 2. The molecule has 1 rings (SSSR count). The molecule has 0 aliphatic carbocycles. The Kier molecular flexibility index (Phi) is 1.96. The fourth-order valence-corrected chi connectivity index (χ4v) is 1.06. The van der Waals surface area contributed by atoms with Crippen LogP contribution in [0.25, 0.3) is 0 Å². The standard InChI is InChI=1S/C4H3BrClN3O/c5-4-8-2(6)1(10)3(7)9-4/h10H,(H2,7,8,9). The zero-order valence-electron chi connectivity index (χ0n) is 4.67. The largest absolute Gasteiger partial charge is 0.502 e. The number of aromatic nitrogens is 2. The van der Waals surface area contributed by atoms with Crippen LogP contribution in [0, 0.1) is 0 Å². The number of hydrogen-bond acceptors (Lipinski definition) is 4. The van der Waals surface area contributed by atoms with Gasteiger partial charge in [0, 0.05) is 0 Å². The van der Waals surface area contributed by atoms with Gasteiger partial charge in [0.25, 0.3) is 0 Å². The second-order valence-corrected chi connectivity index (χ2v) is 2.58. The van der Waals surface area contributed by atoms with E-state index in [0.717, 1.165) is 0 Å². The number of nitrogens with two attached hydrogens (primary N) is 1. The number of rotatable bonds is 0. The normalized spacial score (nSPS) is 9.80. The average molecular weight is 224 g/mol. The van der Waals surface area contributed by atoms with E-state index in [1.165, 1.54) is 0 Å². The molecule has 1 aromatic heterocycles. The second-order valence-electron chi connectivity index (χ2n) is 1.52. The van der Waals surface area contributed by atoms with Crippen LogP contribution in [-0.2, 0) is 0 Å². The minimum absolute atomic E-state index is 0.0353. The molecule has 0 aliphatic rings. The summed E-state index contributed by atoms with van der Waals surface area (Å²) in [5, 5.41) is 8.87. The maximum atomic E-state index is 8.93. The lowest BCUT2D eigenvalue weighted by Crippen LogP contribution is -1.93. The molecule has 0 aromatic carbocycles. The van der Waals surface area contributed by atoms with Crippen LogP contribution in [-0.4, -0.2) is 15.1 Å². The third-order valence-electron chi connectivity index (χ3n) is 0.841. The first-order valence-electron chi connectivity index (χ1n) is 2.28. The molecule has 0 spiro atoms. The predicted molar refractivity (Wildman–Crippen MR) is 40.8 cm³/mol. The number of anilines is 1. The van der Waals surface area contributed by atoms with E-state index in [-0.39, 0.29) is 21.5 Å². The van der Waals surface area contributed by atoms with E-state index in [1.54, 1.807) is 0 Å². The number of hydrogen-bond donors (Lipinski definition) is 2. The molecule has 10 heavy (non-hydrogen) atoms. The van der Waals surface area contributed by atoms with Crippen LogP contribution >= 0.6 is 27.5 Å². The summed E-state index contributed by atoms with van der Waals surface area (Å²) in [6.45, 7) is 0. The minimum atomic E-state index is -0.287. The number of nitrogen functional groups attached to an aromatic ring is 1. The smallest absolute Gasteiger partial charge is 0.200 e. The Morgan fingerprint density at radius 1 is 1.50 bits per heavy atom.